The van der Waals surface area contributed by atoms with Crippen LogP contribution in [0.4, 0.5) is 8.78 Å². The van der Waals surface area contributed by atoms with Crippen molar-refractivity contribution >= 4 is 22.9 Å². The van der Waals surface area contributed by atoms with E-state index in [-0.39, 0.29) is 11.3 Å². The molecule has 0 unspecified atom stereocenters. The highest BCUT2D eigenvalue weighted by molar-refractivity contribution is 7.98. The maximum Gasteiger partial charge on any atom is 0.181 e. The van der Waals surface area contributed by atoms with Gasteiger partial charge in [-0.1, -0.05) is 17.8 Å². The van der Waals surface area contributed by atoms with Crippen LogP contribution in [-0.4, -0.2) is 19.9 Å². The van der Waals surface area contributed by atoms with Crippen molar-refractivity contribution in [2.75, 3.05) is 0 Å². The molecule has 3 rings (SSSR count). The van der Waals surface area contributed by atoms with E-state index < -0.39 is 11.6 Å². The summed E-state index contributed by atoms with van der Waals surface area (Å²) < 4.78 is 27.0. The normalized spacial score (nSPS) is 11.1. The quantitative estimate of drug-likeness (QED) is 0.591. The molecule has 2 aromatic heterocycles. The van der Waals surface area contributed by atoms with Crippen molar-refractivity contribution in [1.82, 2.24) is 19.9 Å². The standard InChI is InChI=1S/C12H8F2N4S/c13-8-2-1-3-9(14)7(8)4-19-12-10-11(16-5-15-10)17-6-18-12/h1-3,5-6H,4H2,(H,15,16,17,18). The van der Waals surface area contributed by atoms with Crippen LogP contribution >= 0.6 is 11.8 Å². The van der Waals surface area contributed by atoms with Gasteiger partial charge >= 0.3 is 0 Å². The third-order valence-corrected chi connectivity index (χ3v) is 3.62. The molecule has 2 heterocycles. The number of rotatable bonds is 3. The number of halogens is 2. The summed E-state index contributed by atoms with van der Waals surface area (Å²) in [5.74, 6) is -0.950. The van der Waals surface area contributed by atoms with E-state index in [0.29, 0.717) is 16.2 Å². The molecular weight excluding hydrogens is 270 g/mol. The second-order valence-corrected chi connectivity index (χ2v) is 4.73. The third-order valence-electron chi connectivity index (χ3n) is 2.60. The minimum atomic E-state index is -0.553. The number of H-pyrrole nitrogens is 1. The molecule has 0 radical (unpaired) electrons. The Kier molecular flexibility index (Phi) is 3.12. The Morgan fingerprint density at radius 3 is 2.68 bits per heavy atom. The van der Waals surface area contributed by atoms with Crippen molar-refractivity contribution < 1.29 is 8.78 Å². The van der Waals surface area contributed by atoms with Crippen LogP contribution in [0.1, 0.15) is 5.56 Å². The lowest BCUT2D eigenvalue weighted by Crippen LogP contribution is -1.94. The smallest absolute Gasteiger partial charge is 0.181 e. The van der Waals surface area contributed by atoms with E-state index in [4.69, 9.17) is 0 Å². The molecule has 7 heteroatoms. The molecule has 0 bridgehead atoms. The largest absolute Gasteiger partial charge is 0.341 e. The molecule has 0 atom stereocenters. The molecule has 4 nitrogen and oxygen atoms in total. The summed E-state index contributed by atoms with van der Waals surface area (Å²) in [5.41, 5.74) is 1.24. The van der Waals surface area contributed by atoms with Gasteiger partial charge in [-0.3, -0.25) is 0 Å². The van der Waals surface area contributed by atoms with Crippen LogP contribution < -0.4 is 0 Å². The van der Waals surface area contributed by atoms with Gasteiger partial charge in [0.15, 0.2) is 5.65 Å². The minimum absolute atomic E-state index is 0.0405. The first-order valence-corrected chi connectivity index (χ1v) is 6.44. The van der Waals surface area contributed by atoms with Gasteiger partial charge in [0, 0.05) is 11.3 Å². The number of benzene rings is 1. The number of hydrogen-bond donors (Lipinski definition) is 1. The molecule has 3 aromatic rings. The number of nitrogens with zero attached hydrogens (tertiary/aromatic N) is 3. The highest BCUT2D eigenvalue weighted by Crippen LogP contribution is 2.27. The van der Waals surface area contributed by atoms with Crippen molar-refractivity contribution in [2.45, 2.75) is 10.8 Å². The highest BCUT2D eigenvalue weighted by Gasteiger charge is 2.11. The van der Waals surface area contributed by atoms with Crippen LogP contribution in [0.5, 0.6) is 0 Å². The zero-order valence-corrected chi connectivity index (χ0v) is 10.4. The maximum absolute atomic E-state index is 13.5. The molecule has 1 aromatic carbocycles. The fourth-order valence-electron chi connectivity index (χ4n) is 1.66. The molecular formula is C12H8F2N4S. The number of aromatic nitrogens is 4. The van der Waals surface area contributed by atoms with Crippen LogP contribution in [0.3, 0.4) is 0 Å². The molecule has 0 saturated carbocycles. The van der Waals surface area contributed by atoms with Gasteiger partial charge in [0.25, 0.3) is 0 Å². The fourth-order valence-corrected chi connectivity index (χ4v) is 2.64. The molecule has 0 fully saturated rings. The van der Waals surface area contributed by atoms with Gasteiger partial charge in [-0.05, 0) is 12.1 Å². The van der Waals surface area contributed by atoms with E-state index >= 15 is 0 Å². The Hall–Kier alpha value is -2.02. The molecule has 0 aliphatic heterocycles. The summed E-state index contributed by atoms with van der Waals surface area (Å²) in [4.78, 5) is 15.0. The summed E-state index contributed by atoms with van der Waals surface area (Å²) in [5, 5.41) is 0.616. The lowest BCUT2D eigenvalue weighted by Gasteiger charge is -2.04. The lowest BCUT2D eigenvalue weighted by molar-refractivity contribution is 0.566. The molecule has 1 N–H and O–H groups in total. The van der Waals surface area contributed by atoms with Gasteiger partial charge in [-0.15, -0.1) is 0 Å². The summed E-state index contributed by atoms with van der Waals surface area (Å²) in [6, 6.07) is 3.83. The van der Waals surface area contributed by atoms with Gasteiger partial charge < -0.3 is 4.98 Å². The summed E-state index contributed by atoms with van der Waals surface area (Å²) in [7, 11) is 0. The Morgan fingerprint density at radius 2 is 1.89 bits per heavy atom. The van der Waals surface area contributed by atoms with Gasteiger partial charge in [0.2, 0.25) is 0 Å². The van der Waals surface area contributed by atoms with Crippen LogP contribution in [0.15, 0.2) is 35.9 Å². The first kappa shape index (κ1) is 12.0. The predicted molar refractivity (Wildman–Crippen MR) is 67.6 cm³/mol. The lowest BCUT2D eigenvalue weighted by atomic mass is 10.2. The summed E-state index contributed by atoms with van der Waals surface area (Å²) in [6.45, 7) is 0. The minimum Gasteiger partial charge on any atom is -0.341 e. The number of hydrogen-bond acceptors (Lipinski definition) is 4. The van der Waals surface area contributed by atoms with Gasteiger partial charge in [0.05, 0.1) is 6.33 Å². The van der Waals surface area contributed by atoms with E-state index in [1.54, 1.807) is 0 Å². The Balaban J connectivity index is 1.88. The average molecular weight is 278 g/mol. The van der Waals surface area contributed by atoms with E-state index in [1.807, 2.05) is 0 Å². The van der Waals surface area contributed by atoms with Crippen LogP contribution in [0.25, 0.3) is 11.2 Å². The number of nitrogens with one attached hydrogen (secondary N) is 1. The molecule has 0 amide bonds. The third kappa shape index (κ3) is 2.28. The summed E-state index contributed by atoms with van der Waals surface area (Å²) >= 11 is 1.23. The van der Waals surface area contributed by atoms with E-state index in [0.717, 1.165) is 0 Å². The Labute approximate surface area is 111 Å². The molecule has 19 heavy (non-hydrogen) atoms. The predicted octanol–water partition coefficient (Wildman–Crippen LogP) is 2.92. The van der Waals surface area contributed by atoms with E-state index in [9.17, 15) is 8.78 Å². The zero-order chi connectivity index (χ0) is 13.2. The molecule has 0 aliphatic rings. The topological polar surface area (TPSA) is 54.5 Å². The zero-order valence-electron chi connectivity index (χ0n) is 9.60. The number of thioether (sulfide) groups is 1. The van der Waals surface area contributed by atoms with Crippen molar-refractivity contribution in [3.63, 3.8) is 0 Å². The number of aromatic amines is 1. The van der Waals surface area contributed by atoms with Gasteiger partial charge in [0.1, 0.15) is 28.5 Å². The first-order valence-electron chi connectivity index (χ1n) is 5.45. The van der Waals surface area contributed by atoms with Crippen molar-refractivity contribution in [2.24, 2.45) is 0 Å². The summed E-state index contributed by atoms with van der Waals surface area (Å²) in [6.07, 6.45) is 2.89. The average Bonchev–Trinajstić information content (AvgIpc) is 2.87. The fraction of sp³-hybridized carbons (Fsp3) is 0.0833. The van der Waals surface area contributed by atoms with Crippen molar-refractivity contribution in [3.05, 3.63) is 48.1 Å². The van der Waals surface area contributed by atoms with Crippen LogP contribution in [0.2, 0.25) is 0 Å². The first-order chi connectivity index (χ1) is 9.25. The van der Waals surface area contributed by atoms with Crippen LogP contribution in [0, 0.1) is 11.6 Å². The maximum atomic E-state index is 13.5. The van der Waals surface area contributed by atoms with E-state index in [1.165, 1.54) is 42.6 Å². The Morgan fingerprint density at radius 1 is 1.11 bits per heavy atom. The van der Waals surface area contributed by atoms with Crippen molar-refractivity contribution in [1.29, 1.82) is 0 Å². The van der Waals surface area contributed by atoms with Crippen molar-refractivity contribution in [3.8, 4) is 0 Å². The molecule has 0 aliphatic carbocycles. The van der Waals surface area contributed by atoms with E-state index in [2.05, 4.69) is 19.9 Å². The monoisotopic (exact) mass is 278 g/mol. The Bertz CT molecular complexity index is 708. The van der Waals surface area contributed by atoms with Gasteiger partial charge in [-0.25, -0.2) is 23.7 Å². The number of imidazole rings is 1. The second kappa shape index (κ2) is 4.93. The SMILES string of the molecule is Fc1cccc(F)c1CSc1ncnc2nc[nH]c12. The molecule has 0 saturated heterocycles. The second-order valence-electron chi connectivity index (χ2n) is 3.77. The number of fused-ring (bicyclic) bond motifs is 1. The van der Waals surface area contributed by atoms with Crippen LogP contribution in [-0.2, 0) is 5.75 Å². The highest BCUT2D eigenvalue weighted by atomic mass is 32.2. The van der Waals surface area contributed by atoms with Gasteiger partial charge in [-0.2, -0.15) is 0 Å². The molecule has 0 spiro atoms. The molecule has 96 valence electrons.